The number of hydrogen-bond donors (Lipinski definition) is 1. The number of nitrogens with zero attached hydrogens (tertiary/aromatic N) is 3. The Bertz CT molecular complexity index is 510. The first-order valence-electron chi connectivity index (χ1n) is 7.06. The van der Waals surface area contributed by atoms with Crippen LogP contribution < -0.4 is 5.32 Å². The van der Waals surface area contributed by atoms with Crippen LogP contribution >= 0.6 is 11.3 Å². The van der Waals surface area contributed by atoms with Gasteiger partial charge in [-0.15, -0.1) is 11.3 Å². The van der Waals surface area contributed by atoms with Crippen molar-refractivity contribution in [3.8, 4) is 0 Å². The molecule has 110 valence electrons. The van der Waals surface area contributed by atoms with Crippen molar-refractivity contribution in [2.45, 2.75) is 46.2 Å². The molecule has 1 atom stereocenters. The van der Waals surface area contributed by atoms with Crippen LogP contribution in [0, 0.1) is 5.92 Å². The Kier molecular flexibility index (Phi) is 4.94. The van der Waals surface area contributed by atoms with Gasteiger partial charge in [0.15, 0.2) is 0 Å². The zero-order chi connectivity index (χ0) is 14.6. The summed E-state index contributed by atoms with van der Waals surface area (Å²) in [4.78, 5) is 8.76. The lowest BCUT2D eigenvalue weighted by Crippen LogP contribution is -2.23. The Hall–Kier alpha value is -1.20. The van der Waals surface area contributed by atoms with Gasteiger partial charge in [0, 0.05) is 36.3 Å². The molecule has 1 N–H and O–H groups in total. The molecule has 2 aromatic rings. The van der Waals surface area contributed by atoms with Crippen LogP contribution in [0.1, 0.15) is 38.4 Å². The molecule has 0 aliphatic rings. The molecule has 5 heteroatoms. The van der Waals surface area contributed by atoms with Crippen LogP contribution in [0.4, 0.5) is 0 Å². The molecule has 0 bridgehead atoms. The quantitative estimate of drug-likeness (QED) is 0.890. The van der Waals surface area contributed by atoms with Gasteiger partial charge in [0.2, 0.25) is 0 Å². The molecule has 0 amide bonds. The highest BCUT2D eigenvalue weighted by atomic mass is 32.1. The first-order valence-corrected chi connectivity index (χ1v) is 7.94. The average Bonchev–Trinajstić information content (AvgIpc) is 2.98. The summed E-state index contributed by atoms with van der Waals surface area (Å²) in [5.41, 5.74) is 1.30. The summed E-state index contributed by atoms with van der Waals surface area (Å²) in [7, 11) is 0. The molecule has 0 saturated carbocycles. The number of rotatable bonds is 6. The molecule has 2 heterocycles. The third kappa shape index (κ3) is 4.42. The number of hydrogen-bond acceptors (Lipinski definition) is 4. The van der Waals surface area contributed by atoms with Crippen molar-refractivity contribution in [3.63, 3.8) is 0 Å². The Morgan fingerprint density at radius 2 is 2.20 bits per heavy atom. The maximum absolute atomic E-state index is 4.69. The van der Waals surface area contributed by atoms with Crippen LogP contribution in [-0.2, 0) is 18.5 Å². The van der Waals surface area contributed by atoms with Gasteiger partial charge in [-0.25, -0.2) is 9.97 Å². The molecule has 0 saturated heterocycles. The van der Waals surface area contributed by atoms with Crippen molar-refractivity contribution in [2.24, 2.45) is 5.92 Å². The van der Waals surface area contributed by atoms with E-state index < -0.39 is 0 Å². The highest BCUT2D eigenvalue weighted by Gasteiger charge is 2.17. The molecule has 0 aliphatic heterocycles. The second-order valence-electron chi connectivity index (χ2n) is 6.39. The van der Waals surface area contributed by atoms with Gasteiger partial charge in [-0.2, -0.15) is 0 Å². The van der Waals surface area contributed by atoms with Crippen molar-refractivity contribution in [3.05, 3.63) is 34.8 Å². The van der Waals surface area contributed by atoms with Crippen molar-refractivity contribution in [1.82, 2.24) is 19.9 Å². The standard InChI is InChI=1S/C15H24N4S/c1-12(9-19-6-5-16-11-19)7-17-8-13-10-20-14(18-13)15(2,3)4/h5-6,10-12,17H,7-9H2,1-4H3. The zero-order valence-electron chi connectivity index (χ0n) is 12.8. The normalized spacial score (nSPS) is 13.6. The molecule has 20 heavy (non-hydrogen) atoms. The van der Waals surface area contributed by atoms with Gasteiger partial charge in [-0.1, -0.05) is 27.7 Å². The largest absolute Gasteiger partial charge is 0.337 e. The minimum absolute atomic E-state index is 0.150. The zero-order valence-corrected chi connectivity index (χ0v) is 13.6. The van der Waals surface area contributed by atoms with Crippen molar-refractivity contribution in [2.75, 3.05) is 6.54 Å². The predicted molar refractivity (Wildman–Crippen MR) is 83.9 cm³/mol. The van der Waals surface area contributed by atoms with E-state index in [1.54, 1.807) is 11.3 Å². The lowest BCUT2D eigenvalue weighted by atomic mass is 9.98. The Morgan fingerprint density at radius 3 is 2.80 bits per heavy atom. The maximum Gasteiger partial charge on any atom is 0.0982 e. The molecule has 0 spiro atoms. The Labute approximate surface area is 125 Å². The molecule has 2 rings (SSSR count). The molecule has 0 fully saturated rings. The van der Waals surface area contributed by atoms with Crippen molar-refractivity contribution >= 4 is 11.3 Å². The molecule has 1 unspecified atom stereocenters. The Morgan fingerprint density at radius 1 is 1.40 bits per heavy atom. The highest BCUT2D eigenvalue weighted by Crippen LogP contribution is 2.25. The van der Waals surface area contributed by atoms with Gasteiger partial charge >= 0.3 is 0 Å². The molecular formula is C15H24N4S. The van der Waals surface area contributed by atoms with E-state index in [2.05, 4.69) is 47.9 Å². The molecule has 4 nitrogen and oxygen atoms in total. The number of thiazole rings is 1. The molecular weight excluding hydrogens is 268 g/mol. The van der Waals surface area contributed by atoms with Gasteiger partial charge < -0.3 is 9.88 Å². The van der Waals surface area contributed by atoms with E-state index in [9.17, 15) is 0 Å². The maximum atomic E-state index is 4.69. The van der Waals surface area contributed by atoms with Crippen molar-refractivity contribution < 1.29 is 0 Å². The van der Waals surface area contributed by atoms with E-state index in [0.29, 0.717) is 5.92 Å². The van der Waals surface area contributed by atoms with Crippen LogP contribution in [0.15, 0.2) is 24.1 Å². The smallest absolute Gasteiger partial charge is 0.0982 e. The lowest BCUT2D eigenvalue weighted by molar-refractivity contribution is 0.443. The predicted octanol–water partition coefficient (Wildman–Crippen LogP) is 3.06. The summed E-state index contributed by atoms with van der Waals surface area (Å²) in [5, 5.41) is 6.86. The first-order chi connectivity index (χ1) is 9.45. The minimum Gasteiger partial charge on any atom is -0.337 e. The summed E-state index contributed by atoms with van der Waals surface area (Å²) < 4.78 is 2.12. The molecule has 2 aromatic heterocycles. The molecule has 0 aliphatic carbocycles. The fraction of sp³-hybridized carbons (Fsp3) is 0.600. The Balaban J connectivity index is 1.74. The van der Waals surface area contributed by atoms with Crippen LogP contribution in [0.5, 0.6) is 0 Å². The molecule has 0 radical (unpaired) electrons. The van der Waals surface area contributed by atoms with E-state index >= 15 is 0 Å². The third-order valence-electron chi connectivity index (χ3n) is 3.07. The van der Waals surface area contributed by atoms with E-state index in [-0.39, 0.29) is 5.41 Å². The fourth-order valence-electron chi connectivity index (χ4n) is 2.00. The van der Waals surface area contributed by atoms with E-state index in [1.165, 1.54) is 5.01 Å². The topological polar surface area (TPSA) is 42.7 Å². The number of aromatic nitrogens is 3. The van der Waals surface area contributed by atoms with Gasteiger partial charge in [0.05, 0.1) is 17.0 Å². The van der Waals surface area contributed by atoms with Gasteiger partial charge in [0.25, 0.3) is 0 Å². The van der Waals surface area contributed by atoms with E-state index in [4.69, 9.17) is 4.98 Å². The summed E-state index contributed by atoms with van der Waals surface area (Å²) in [6.07, 6.45) is 5.70. The number of nitrogens with one attached hydrogen (secondary N) is 1. The van der Waals surface area contributed by atoms with Crippen molar-refractivity contribution in [1.29, 1.82) is 0 Å². The summed E-state index contributed by atoms with van der Waals surface area (Å²) in [6, 6.07) is 0. The second-order valence-corrected chi connectivity index (χ2v) is 7.25. The average molecular weight is 292 g/mol. The van der Waals surface area contributed by atoms with Crippen LogP contribution in [0.25, 0.3) is 0 Å². The highest BCUT2D eigenvalue weighted by molar-refractivity contribution is 7.09. The monoisotopic (exact) mass is 292 g/mol. The summed E-state index contributed by atoms with van der Waals surface area (Å²) >= 11 is 1.76. The van der Waals surface area contributed by atoms with Crippen LogP contribution in [0.2, 0.25) is 0 Å². The lowest BCUT2D eigenvalue weighted by Gasteiger charge is -2.14. The first kappa shape index (κ1) is 15.2. The fourth-order valence-corrected chi connectivity index (χ4v) is 2.91. The van der Waals surface area contributed by atoms with Gasteiger partial charge in [-0.3, -0.25) is 0 Å². The second kappa shape index (κ2) is 6.50. The summed E-state index contributed by atoms with van der Waals surface area (Å²) in [5.74, 6) is 0.574. The molecule has 0 aromatic carbocycles. The van der Waals surface area contributed by atoms with E-state index in [0.717, 1.165) is 25.3 Å². The van der Waals surface area contributed by atoms with Gasteiger partial charge in [0.1, 0.15) is 0 Å². The van der Waals surface area contributed by atoms with Gasteiger partial charge in [-0.05, 0) is 12.5 Å². The van der Waals surface area contributed by atoms with E-state index in [1.807, 2.05) is 18.7 Å². The number of imidazole rings is 1. The summed E-state index contributed by atoms with van der Waals surface area (Å²) in [6.45, 7) is 11.7. The van der Waals surface area contributed by atoms with Crippen LogP contribution in [-0.4, -0.2) is 21.1 Å². The minimum atomic E-state index is 0.150. The van der Waals surface area contributed by atoms with Crippen LogP contribution in [0.3, 0.4) is 0 Å². The SMILES string of the molecule is CC(CNCc1csc(C(C)(C)C)n1)Cn1ccnc1. The third-order valence-corrected chi connectivity index (χ3v) is 4.39.